The molecule has 1 saturated heterocycles. The van der Waals surface area contributed by atoms with Crippen molar-refractivity contribution in [3.05, 3.63) is 59.7 Å². The Hall–Kier alpha value is -2.63. The minimum absolute atomic E-state index is 0.0121. The van der Waals surface area contributed by atoms with Gasteiger partial charge in [0.15, 0.2) is 0 Å². The maximum atomic E-state index is 13.7. The number of aromatic amines is 1. The van der Waals surface area contributed by atoms with Gasteiger partial charge < -0.3 is 14.8 Å². The van der Waals surface area contributed by atoms with Crippen LogP contribution >= 0.6 is 0 Å². The van der Waals surface area contributed by atoms with Gasteiger partial charge in [0.05, 0.1) is 5.56 Å². The van der Waals surface area contributed by atoms with Gasteiger partial charge in [0.1, 0.15) is 5.82 Å². The lowest BCUT2D eigenvalue weighted by Crippen LogP contribution is -2.37. The molecule has 0 bridgehead atoms. The number of carbonyl (C=O) groups excluding carboxylic acids is 2. The fourth-order valence-electron chi connectivity index (χ4n) is 3.11. The summed E-state index contributed by atoms with van der Waals surface area (Å²) in [6.07, 6.45) is 4.84. The summed E-state index contributed by atoms with van der Waals surface area (Å²) in [5.74, 6) is -0.268. The molecule has 2 amide bonds. The van der Waals surface area contributed by atoms with Crippen molar-refractivity contribution in [3.63, 3.8) is 0 Å². The average Bonchev–Trinajstić information content (AvgIpc) is 3.04. The Labute approximate surface area is 146 Å². The molecule has 2 aromatic rings. The molecule has 0 radical (unpaired) electrons. The fourth-order valence-corrected chi connectivity index (χ4v) is 3.11. The molecule has 1 fully saturated rings. The van der Waals surface area contributed by atoms with Gasteiger partial charge in [-0.15, -0.1) is 0 Å². The molecule has 2 heterocycles. The predicted octanol–water partition coefficient (Wildman–Crippen LogP) is 2.46. The number of hydrogen-bond donors (Lipinski definition) is 1. The van der Waals surface area contributed by atoms with Crippen molar-refractivity contribution in [2.75, 3.05) is 26.2 Å². The molecule has 1 aliphatic heterocycles. The lowest BCUT2D eigenvalue weighted by atomic mass is 10.1. The molecule has 0 spiro atoms. The van der Waals surface area contributed by atoms with Gasteiger partial charge >= 0.3 is 0 Å². The maximum absolute atomic E-state index is 13.7. The first-order valence-corrected chi connectivity index (χ1v) is 8.58. The van der Waals surface area contributed by atoms with Crippen LogP contribution in [0.4, 0.5) is 4.39 Å². The number of aromatic nitrogens is 1. The molecule has 25 heavy (non-hydrogen) atoms. The van der Waals surface area contributed by atoms with Crippen LogP contribution in [0.2, 0.25) is 0 Å². The third kappa shape index (κ3) is 4.26. The number of nitrogens with zero attached hydrogens (tertiary/aromatic N) is 2. The van der Waals surface area contributed by atoms with Gasteiger partial charge in [-0.05, 0) is 30.5 Å². The monoisotopic (exact) mass is 343 g/mol. The quantitative estimate of drug-likeness (QED) is 0.927. The summed E-state index contributed by atoms with van der Waals surface area (Å²) < 4.78 is 13.7. The minimum Gasteiger partial charge on any atom is -0.367 e. The topological polar surface area (TPSA) is 56.4 Å². The zero-order valence-corrected chi connectivity index (χ0v) is 14.1. The molecule has 1 N–H and O–H groups in total. The van der Waals surface area contributed by atoms with Gasteiger partial charge in [-0.2, -0.15) is 0 Å². The van der Waals surface area contributed by atoms with E-state index in [1.54, 1.807) is 46.5 Å². The smallest absolute Gasteiger partial charge is 0.255 e. The number of H-pyrrole nitrogens is 1. The molecule has 0 unspecified atom stereocenters. The van der Waals surface area contributed by atoms with Crippen molar-refractivity contribution >= 4 is 11.8 Å². The van der Waals surface area contributed by atoms with Gasteiger partial charge in [-0.1, -0.05) is 18.2 Å². The molecule has 132 valence electrons. The van der Waals surface area contributed by atoms with Gasteiger partial charge in [-0.3, -0.25) is 9.59 Å². The van der Waals surface area contributed by atoms with Crippen LogP contribution in [0.3, 0.4) is 0 Å². The zero-order chi connectivity index (χ0) is 17.6. The number of carbonyl (C=O) groups is 2. The van der Waals surface area contributed by atoms with Crippen LogP contribution in [-0.4, -0.2) is 52.8 Å². The highest BCUT2D eigenvalue weighted by Crippen LogP contribution is 2.13. The first-order chi connectivity index (χ1) is 12.1. The van der Waals surface area contributed by atoms with Crippen LogP contribution < -0.4 is 0 Å². The Kier molecular flexibility index (Phi) is 5.48. The largest absolute Gasteiger partial charge is 0.367 e. The van der Waals surface area contributed by atoms with Crippen molar-refractivity contribution in [3.8, 4) is 0 Å². The second kappa shape index (κ2) is 7.96. The normalized spacial score (nSPS) is 15.1. The number of benzene rings is 1. The van der Waals surface area contributed by atoms with Crippen molar-refractivity contribution in [1.82, 2.24) is 14.8 Å². The third-order valence-corrected chi connectivity index (χ3v) is 4.55. The molecule has 1 aromatic carbocycles. The van der Waals surface area contributed by atoms with Gasteiger partial charge in [-0.25, -0.2) is 4.39 Å². The predicted molar refractivity (Wildman–Crippen MR) is 92.6 cm³/mol. The van der Waals surface area contributed by atoms with Crippen molar-refractivity contribution in [2.24, 2.45) is 0 Å². The second-order valence-electron chi connectivity index (χ2n) is 6.22. The number of rotatable bonds is 4. The Morgan fingerprint density at radius 3 is 2.56 bits per heavy atom. The van der Waals surface area contributed by atoms with E-state index in [4.69, 9.17) is 0 Å². The van der Waals surface area contributed by atoms with E-state index < -0.39 is 0 Å². The molecule has 6 heteroatoms. The fraction of sp³-hybridized carbons (Fsp3) is 0.368. The van der Waals surface area contributed by atoms with Crippen molar-refractivity contribution in [2.45, 2.75) is 19.3 Å². The standard InChI is InChI=1S/C19H22FN3O2/c20-17-5-2-1-4-15(17)6-7-18(24)22-10-3-11-23(13-12-22)19(25)16-8-9-21-14-16/h1-2,4-5,8-9,14,21H,3,6-7,10-13H2. The van der Waals surface area contributed by atoms with E-state index in [1.165, 1.54) is 6.07 Å². The molecular formula is C19H22FN3O2. The highest BCUT2D eigenvalue weighted by Gasteiger charge is 2.23. The summed E-state index contributed by atoms with van der Waals surface area (Å²) in [4.78, 5) is 31.3. The van der Waals surface area contributed by atoms with Crippen molar-refractivity contribution < 1.29 is 14.0 Å². The lowest BCUT2D eigenvalue weighted by molar-refractivity contribution is -0.131. The maximum Gasteiger partial charge on any atom is 0.255 e. The van der Waals surface area contributed by atoms with Crippen LogP contribution in [0.1, 0.15) is 28.8 Å². The first-order valence-electron chi connectivity index (χ1n) is 8.58. The summed E-state index contributed by atoms with van der Waals surface area (Å²) >= 11 is 0. The Balaban J connectivity index is 1.53. The van der Waals surface area contributed by atoms with Crippen molar-refractivity contribution in [1.29, 1.82) is 0 Å². The number of aryl methyl sites for hydroxylation is 1. The molecule has 1 aromatic heterocycles. The molecule has 3 rings (SSSR count). The summed E-state index contributed by atoms with van der Waals surface area (Å²) in [5.41, 5.74) is 1.20. The van der Waals surface area contributed by atoms with Crippen LogP contribution in [0.25, 0.3) is 0 Å². The first kappa shape index (κ1) is 17.2. The number of nitrogens with one attached hydrogen (secondary N) is 1. The molecule has 5 nitrogen and oxygen atoms in total. The summed E-state index contributed by atoms with van der Waals surface area (Å²) in [6, 6.07) is 8.30. The van der Waals surface area contributed by atoms with Crippen LogP contribution in [0, 0.1) is 5.82 Å². The van der Waals surface area contributed by atoms with Crippen LogP contribution in [0.5, 0.6) is 0 Å². The third-order valence-electron chi connectivity index (χ3n) is 4.55. The Bertz CT molecular complexity index is 730. The van der Waals surface area contributed by atoms with E-state index in [-0.39, 0.29) is 24.1 Å². The molecule has 0 saturated carbocycles. The molecule has 0 atom stereocenters. The van der Waals surface area contributed by atoms with E-state index in [9.17, 15) is 14.0 Å². The van der Waals surface area contributed by atoms with E-state index in [0.717, 1.165) is 6.42 Å². The van der Waals surface area contributed by atoms with Gasteiger partial charge in [0, 0.05) is 45.0 Å². The molecule has 0 aliphatic carbocycles. The van der Waals surface area contributed by atoms with Crippen LogP contribution in [0.15, 0.2) is 42.7 Å². The summed E-state index contributed by atoms with van der Waals surface area (Å²) in [7, 11) is 0. The lowest BCUT2D eigenvalue weighted by Gasteiger charge is -2.22. The Morgan fingerprint density at radius 1 is 1.04 bits per heavy atom. The number of amides is 2. The zero-order valence-electron chi connectivity index (χ0n) is 14.1. The minimum atomic E-state index is -0.269. The highest BCUT2D eigenvalue weighted by molar-refractivity contribution is 5.94. The summed E-state index contributed by atoms with van der Waals surface area (Å²) in [6.45, 7) is 2.32. The Morgan fingerprint density at radius 2 is 1.80 bits per heavy atom. The van der Waals surface area contributed by atoms with Gasteiger partial charge in [0.2, 0.25) is 5.91 Å². The average molecular weight is 343 g/mol. The highest BCUT2D eigenvalue weighted by atomic mass is 19.1. The van der Waals surface area contributed by atoms with E-state index in [1.807, 2.05) is 0 Å². The molecular weight excluding hydrogens is 321 g/mol. The second-order valence-corrected chi connectivity index (χ2v) is 6.22. The van der Waals surface area contributed by atoms with E-state index in [0.29, 0.717) is 43.7 Å². The molecule has 1 aliphatic rings. The van der Waals surface area contributed by atoms with Crippen LogP contribution in [-0.2, 0) is 11.2 Å². The summed E-state index contributed by atoms with van der Waals surface area (Å²) in [5, 5.41) is 0. The number of hydrogen-bond acceptors (Lipinski definition) is 2. The SMILES string of the molecule is O=C(CCc1ccccc1F)N1CCCN(C(=O)c2cc[nH]c2)CC1. The van der Waals surface area contributed by atoms with Gasteiger partial charge in [0.25, 0.3) is 5.91 Å². The van der Waals surface area contributed by atoms with E-state index in [2.05, 4.69) is 4.98 Å². The van der Waals surface area contributed by atoms with E-state index >= 15 is 0 Å². The number of halogens is 1.